The number of carbonyl (C=O) groups is 2. The molecule has 0 unspecified atom stereocenters. The van der Waals surface area contributed by atoms with Crippen molar-refractivity contribution >= 4 is 129 Å². The van der Waals surface area contributed by atoms with Crippen molar-refractivity contribution in [1.29, 1.82) is 0 Å². The van der Waals surface area contributed by atoms with Crippen LogP contribution in [0.3, 0.4) is 0 Å². The monoisotopic (exact) mass is 1330 g/mol. The van der Waals surface area contributed by atoms with E-state index in [4.69, 9.17) is 13.5 Å². The van der Waals surface area contributed by atoms with Gasteiger partial charge in [-0.05, 0) is 0 Å². The third-order valence-corrected chi connectivity index (χ3v) is 30.5. The number of hydrogen-bond donors (Lipinski definition) is 0. The van der Waals surface area contributed by atoms with E-state index in [1.807, 2.05) is 206 Å². The summed E-state index contributed by atoms with van der Waals surface area (Å²) in [7, 11) is -2.47. The molecule has 15 aromatic rings. The number of Topliss-reactive ketones (excluding diaryl/α,β-unsaturated/α-hetero) is 2. The molecule has 0 aliphatic carbocycles. The summed E-state index contributed by atoms with van der Waals surface area (Å²) in [4.78, 5) is 34.8. The number of alkyl halides is 6. The van der Waals surface area contributed by atoms with Crippen LogP contribution in [0.25, 0.3) is 64.6 Å². The van der Waals surface area contributed by atoms with Crippen LogP contribution in [0.5, 0.6) is 5.75 Å². The molecule has 15 rings (SSSR count). The molecule has 0 aliphatic rings. The molecule has 0 spiro atoms. The zero-order valence-corrected chi connectivity index (χ0v) is 54.2. The predicted molar refractivity (Wildman–Crippen MR) is 392 cm³/mol. The van der Waals surface area contributed by atoms with Gasteiger partial charge in [0.05, 0.1) is 0 Å². The minimum atomic E-state index is -5.59. The van der Waals surface area contributed by atoms with E-state index in [0.29, 0.717) is 76.6 Å². The van der Waals surface area contributed by atoms with Gasteiger partial charge in [0.15, 0.2) is 0 Å². The second-order valence-electron chi connectivity index (χ2n) is 24.7. The summed E-state index contributed by atoms with van der Waals surface area (Å²) in [5, 5.41) is 11.7. The van der Waals surface area contributed by atoms with Gasteiger partial charge in [0.1, 0.15) is 0 Å². The van der Waals surface area contributed by atoms with Gasteiger partial charge in [-0.1, -0.05) is 0 Å². The molecule has 0 saturated heterocycles. The van der Waals surface area contributed by atoms with Crippen molar-refractivity contribution in [3.63, 3.8) is 0 Å². The molecule has 0 radical (unpaired) electrons. The van der Waals surface area contributed by atoms with E-state index in [-0.39, 0.29) is 6.07 Å². The normalized spacial score (nSPS) is 13.1. The van der Waals surface area contributed by atoms with Gasteiger partial charge in [-0.25, -0.2) is 0 Å². The molecule has 5 nitrogen and oxygen atoms in total. The number of ketones is 2. The Morgan fingerprint density at radius 2 is 0.541 bits per heavy atom. The summed E-state index contributed by atoms with van der Waals surface area (Å²) in [6.45, 7) is -11.2. The Balaban J connectivity index is 1.09. The zero-order valence-electron chi connectivity index (χ0n) is 52.4. The van der Waals surface area contributed by atoms with Crippen molar-refractivity contribution in [3.8, 4) is 5.75 Å². The summed E-state index contributed by atoms with van der Waals surface area (Å²) in [6.07, 6.45) is -11.8. The third kappa shape index (κ3) is 10.8. The van der Waals surface area contributed by atoms with Crippen LogP contribution in [-0.4, -0.2) is 31.2 Å². The van der Waals surface area contributed by atoms with Gasteiger partial charge in [-0.15, -0.1) is 0 Å². The Morgan fingerprint density at radius 1 is 0.286 bits per heavy atom. The Morgan fingerprint density at radius 3 is 0.837 bits per heavy atom. The zero-order chi connectivity index (χ0) is 67.3. The van der Waals surface area contributed by atoms with Crippen molar-refractivity contribution in [2.24, 2.45) is 0 Å². The van der Waals surface area contributed by atoms with E-state index in [9.17, 15) is 0 Å². The van der Waals surface area contributed by atoms with E-state index < -0.39 is 74.1 Å². The molecule has 98 heavy (non-hydrogen) atoms. The van der Waals surface area contributed by atoms with Crippen molar-refractivity contribution < 1.29 is 49.5 Å². The first-order valence-corrected chi connectivity index (χ1v) is 36.6. The van der Waals surface area contributed by atoms with Crippen LogP contribution >= 0.6 is 13.7 Å². The Labute approximate surface area is 561 Å². The van der Waals surface area contributed by atoms with Crippen molar-refractivity contribution in [2.75, 3.05) is 12.3 Å². The second kappa shape index (κ2) is 24.8. The minimum absolute atomic E-state index is 0.0339. The van der Waals surface area contributed by atoms with Crippen LogP contribution in [0.1, 0.15) is 31.8 Å². The second-order valence-corrected chi connectivity index (χ2v) is 33.7. The molecule has 0 N–H and O–H groups in total. The Bertz CT molecular complexity index is 5010. The summed E-state index contributed by atoms with van der Waals surface area (Å²) < 4.78 is 117. The number of benzene rings is 15. The molecule has 0 aromatic heterocycles. The van der Waals surface area contributed by atoms with Gasteiger partial charge in [0.25, 0.3) is 0 Å². The van der Waals surface area contributed by atoms with Crippen molar-refractivity contribution in [3.05, 3.63) is 356 Å². The van der Waals surface area contributed by atoms with Gasteiger partial charge in [-0.3, -0.25) is 0 Å². The molecule has 480 valence electrons. The van der Waals surface area contributed by atoms with Crippen molar-refractivity contribution in [1.82, 2.24) is 0 Å². The summed E-state index contributed by atoms with van der Waals surface area (Å²) >= 11 is 0. The average molecular weight is 1340 g/mol. The van der Waals surface area contributed by atoms with Crippen molar-refractivity contribution in [2.45, 2.75) is 12.4 Å². The molecule has 0 aliphatic heterocycles. The Hall–Kier alpha value is -10.6. The number of carbonyl (C=O) groups excluding carboxylic acids is 2. The van der Waals surface area contributed by atoms with Crippen LogP contribution in [-0.2, 0) is 21.2 Å². The van der Waals surface area contributed by atoms with E-state index in [0.717, 1.165) is 43.1 Å². The maximum absolute atomic E-state index is 17.4. The quantitative estimate of drug-likeness (QED) is 0.0282. The summed E-state index contributed by atoms with van der Waals surface area (Å²) in [6, 6.07) is 98.4. The molecule has 14 heteroatoms. The fraction of sp³-hybridized carbons (Fsp3) is 0.0476. The molecular weight excluding hydrogens is 1280 g/mol. The van der Waals surface area contributed by atoms with Crippen LogP contribution in [0.4, 0.5) is 26.3 Å². The first-order valence-electron chi connectivity index (χ1n) is 32.0. The predicted octanol–water partition coefficient (Wildman–Crippen LogP) is 19.7. The summed E-state index contributed by atoms with van der Waals surface area (Å²) in [5.41, 5.74) is -2.66. The van der Waals surface area contributed by atoms with Gasteiger partial charge in [-0.2, -0.15) is 0 Å². The van der Waals surface area contributed by atoms with Gasteiger partial charge in [0, 0.05) is 0 Å². The van der Waals surface area contributed by atoms with E-state index in [1.165, 1.54) is 0 Å². The fourth-order valence-electron chi connectivity index (χ4n) is 14.7. The van der Waals surface area contributed by atoms with E-state index in [1.54, 1.807) is 109 Å². The molecule has 0 bridgehead atoms. The van der Waals surface area contributed by atoms with Crippen LogP contribution in [0, 0.1) is 0 Å². The van der Waals surface area contributed by atoms with Gasteiger partial charge in [0.2, 0.25) is 0 Å². The van der Waals surface area contributed by atoms with Crippen LogP contribution in [0.2, 0.25) is 0 Å². The number of rotatable bonds is 18. The number of hydrogen-bond acceptors (Lipinski definition) is 5. The number of fused-ring (bicyclic) bond motifs is 6. The van der Waals surface area contributed by atoms with Crippen LogP contribution < -0.4 is 36.5 Å². The maximum atomic E-state index is 17.4. The molecular formula is C84H59BF6O5P2. The summed E-state index contributed by atoms with van der Waals surface area (Å²) in [5.74, 6) is -1.79. The Kier molecular flexibility index (Phi) is 16.1. The third-order valence-electron chi connectivity index (χ3n) is 19.2. The van der Waals surface area contributed by atoms with E-state index >= 15 is 35.9 Å². The van der Waals surface area contributed by atoms with Gasteiger partial charge < -0.3 is 0 Å². The average Bonchev–Trinajstić information content (AvgIpc) is 0.681. The van der Waals surface area contributed by atoms with E-state index in [2.05, 4.69) is 0 Å². The molecule has 15 aromatic carbocycles. The number of halogens is 6. The SMILES string of the molecule is O=C(CP(OB(Oc1cc(C(F)(F)F)cc(C(F)(F)F)c1)OP(CC(=O)c1c2ccccc2cc2cc3ccccc3cc12)(c1ccccc1)(c1ccccc1)c1ccccc1)(c1ccccc1)(c1ccccc1)c1ccccc1)c1c2ccccc2cc2cc3ccccc3cc12. The fourth-order valence-corrected chi connectivity index (χ4v) is 25.7. The molecule has 0 fully saturated rings. The molecule has 0 amide bonds. The molecule has 0 saturated carbocycles. The topological polar surface area (TPSA) is 61.8 Å². The van der Waals surface area contributed by atoms with Gasteiger partial charge >= 0.3 is 565 Å². The van der Waals surface area contributed by atoms with Crippen LogP contribution in [0.15, 0.2) is 334 Å². The first kappa shape index (κ1) is 63.5. The molecule has 0 atom stereocenters. The first-order chi connectivity index (χ1) is 47.5. The standard InChI is InChI=1S/C84H59BF6O5P2/c86-83(87,88)66-53-67(84(89,90)91)55-68(54-66)94-85(95-97(69-33-7-1-8-34-69,70-35-9-2-10-36-70,71-37-11-3-12-38-71)56-79(92)81-75-45-25-23-31-62(75)49-64-47-58-27-19-21-29-60(58)51-77(64)81)96-98(72-39-13-4-14-40-72,73-41-15-5-16-42-73,74-43-17-6-18-44-74)57-80(93)82-76-46-26-24-32-63(76)50-65-48-59-28-20-22-30-61(59)52-78(65)82/h1-55H,56-57H2. The molecule has 0 heterocycles.